The van der Waals surface area contributed by atoms with Crippen LogP contribution in [0.5, 0.6) is 0 Å². The molecule has 0 aromatic heterocycles. The van der Waals surface area contributed by atoms with Crippen LogP contribution in [0, 0.1) is 62.3 Å². The highest BCUT2D eigenvalue weighted by molar-refractivity contribution is 7.04. The fourth-order valence-corrected chi connectivity index (χ4v) is 19.9. The van der Waals surface area contributed by atoms with Gasteiger partial charge in [-0.1, -0.05) is 212 Å². The minimum Gasteiger partial charge on any atom is -0.356 e. The number of benzene rings is 12. The van der Waals surface area contributed by atoms with Crippen molar-refractivity contribution in [2.45, 2.75) is 193 Å². The van der Waals surface area contributed by atoms with Crippen LogP contribution in [0.15, 0.2) is 194 Å². The lowest BCUT2D eigenvalue weighted by Crippen LogP contribution is -2.66. The van der Waals surface area contributed by atoms with Gasteiger partial charge in [0.2, 0.25) is 0 Å². The molecule has 6 aliphatic heterocycles. The SMILES string of the molecule is Cc1cc(C)c(N2c3cc4c(cc3B3c5cc6c(cc5Nc5cc(C)cc2c53)N(c2c(C)cc(C)cc2C)c2cc(C)cc3c2B6c2cc(C(C)(C)C)ccc2N3c2ccc(C(C)(C)C)cc2)B2c3cc(C(C)(C)C)ccc3N(c3ccc(C(C)(C)C)cc3)c3cc(C)cc(c32)N4c2ccc(C(C)(C)C)cc2)c(C)c1. The maximum atomic E-state index is 4.36. The third-order valence-corrected chi connectivity index (χ3v) is 25.1. The topological polar surface area (TPSA) is 28.2 Å². The fourth-order valence-electron chi connectivity index (χ4n) is 19.9. The van der Waals surface area contributed by atoms with Crippen LogP contribution in [0.1, 0.15) is 182 Å². The zero-order valence-corrected chi connectivity index (χ0v) is 69.4. The molecule has 6 aliphatic rings. The molecule has 0 bridgehead atoms. The van der Waals surface area contributed by atoms with Crippen LogP contribution in [0.25, 0.3) is 0 Å². The van der Waals surface area contributed by atoms with E-state index in [1.165, 1.54) is 195 Å². The molecule has 548 valence electrons. The molecular weight excluding hydrogens is 1330 g/mol. The molecule has 110 heavy (non-hydrogen) atoms. The Morgan fingerprint density at radius 3 is 0.855 bits per heavy atom. The molecule has 0 saturated carbocycles. The van der Waals surface area contributed by atoms with Gasteiger partial charge in [-0.05, 0) is 302 Å². The van der Waals surface area contributed by atoms with Crippen LogP contribution < -0.4 is 79.0 Å². The molecule has 9 heteroatoms. The molecule has 0 unspecified atom stereocenters. The lowest BCUT2D eigenvalue weighted by atomic mass is 9.29. The van der Waals surface area contributed by atoms with Crippen LogP contribution in [-0.2, 0) is 27.1 Å². The molecule has 0 saturated heterocycles. The van der Waals surface area contributed by atoms with Gasteiger partial charge in [-0.25, -0.2) is 0 Å². The van der Waals surface area contributed by atoms with Gasteiger partial charge < -0.3 is 29.8 Å². The number of hydrogen-bond donors (Lipinski definition) is 1. The lowest BCUT2D eigenvalue weighted by molar-refractivity contribution is 0.590. The zero-order valence-electron chi connectivity index (χ0n) is 69.4. The smallest absolute Gasteiger partial charge is 0.252 e. The molecule has 6 nitrogen and oxygen atoms in total. The van der Waals surface area contributed by atoms with E-state index in [9.17, 15) is 0 Å². The van der Waals surface area contributed by atoms with Gasteiger partial charge in [-0.3, -0.25) is 0 Å². The molecule has 1 N–H and O–H groups in total. The van der Waals surface area contributed by atoms with E-state index >= 15 is 0 Å². The molecule has 0 amide bonds. The predicted molar refractivity (Wildman–Crippen MR) is 480 cm³/mol. The van der Waals surface area contributed by atoms with E-state index in [0.29, 0.717) is 0 Å². The Morgan fingerprint density at radius 2 is 0.491 bits per heavy atom. The van der Waals surface area contributed by atoms with Gasteiger partial charge in [0.25, 0.3) is 20.1 Å². The minimum atomic E-state index is -0.207. The molecule has 0 spiro atoms. The Morgan fingerprint density at radius 1 is 0.218 bits per heavy atom. The summed E-state index contributed by atoms with van der Waals surface area (Å²) in [4.78, 5) is 13.3. The summed E-state index contributed by atoms with van der Waals surface area (Å²) in [6.07, 6.45) is 0. The van der Waals surface area contributed by atoms with Crippen molar-refractivity contribution in [1.29, 1.82) is 0 Å². The Bertz CT molecular complexity index is 5880. The van der Waals surface area contributed by atoms with Crippen LogP contribution in [0.4, 0.5) is 96.7 Å². The average Bonchev–Trinajstić information content (AvgIpc) is 0.675. The monoisotopic (exact) mass is 1430 g/mol. The number of hydrogen-bond acceptors (Lipinski definition) is 6. The lowest BCUT2D eigenvalue weighted by Gasteiger charge is -2.48. The number of aryl methyl sites for hydroxylation is 9. The molecular formula is C101H105B3N6. The first-order valence-corrected chi connectivity index (χ1v) is 40.2. The first-order chi connectivity index (χ1) is 51.9. The van der Waals surface area contributed by atoms with E-state index < -0.39 is 0 Å². The van der Waals surface area contributed by atoms with E-state index in [2.05, 4.69) is 390 Å². The van der Waals surface area contributed by atoms with Gasteiger partial charge in [-0.15, -0.1) is 0 Å². The minimum absolute atomic E-state index is 0.00272. The molecule has 0 radical (unpaired) electrons. The van der Waals surface area contributed by atoms with Gasteiger partial charge >= 0.3 is 0 Å². The fraction of sp³-hybridized carbons (Fsp3) is 0.287. The largest absolute Gasteiger partial charge is 0.356 e. The van der Waals surface area contributed by atoms with Crippen molar-refractivity contribution < 1.29 is 0 Å². The van der Waals surface area contributed by atoms with Crippen molar-refractivity contribution in [2.75, 3.05) is 29.8 Å². The van der Waals surface area contributed by atoms with E-state index in [4.69, 9.17) is 0 Å². The van der Waals surface area contributed by atoms with Crippen molar-refractivity contribution >= 4 is 166 Å². The Hall–Kier alpha value is -10.4. The summed E-state index contributed by atoms with van der Waals surface area (Å²) < 4.78 is 0. The van der Waals surface area contributed by atoms with E-state index in [-0.39, 0.29) is 47.2 Å². The van der Waals surface area contributed by atoms with Crippen molar-refractivity contribution in [2.24, 2.45) is 0 Å². The molecule has 0 aliphatic carbocycles. The Labute approximate surface area is 656 Å². The summed E-state index contributed by atoms with van der Waals surface area (Å²) in [7, 11) is 0. The summed E-state index contributed by atoms with van der Waals surface area (Å²) >= 11 is 0. The highest BCUT2D eigenvalue weighted by atomic mass is 15.2. The Balaban J connectivity index is 0.965. The molecule has 0 fully saturated rings. The highest BCUT2D eigenvalue weighted by Gasteiger charge is 2.51. The molecule has 18 rings (SSSR count). The van der Waals surface area contributed by atoms with E-state index in [1.54, 1.807) is 0 Å². The van der Waals surface area contributed by atoms with Crippen LogP contribution in [-0.4, -0.2) is 20.1 Å². The highest BCUT2D eigenvalue weighted by Crippen LogP contribution is 2.53. The van der Waals surface area contributed by atoms with E-state index in [0.717, 1.165) is 28.4 Å². The second-order valence-electron chi connectivity index (χ2n) is 38.7. The summed E-state index contributed by atoms with van der Waals surface area (Å²) in [5.41, 5.74) is 49.7. The van der Waals surface area contributed by atoms with Crippen molar-refractivity contribution in [1.82, 2.24) is 0 Å². The van der Waals surface area contributed by atoms with Gasteiger partial charge in [0.05, 0.1) is 11.4 Å². The summed E-state index contributed by atoms with van der Waals surface area (Å²) in [5, 5.41) is 4.36. The van der Waals surface area contributed by atoms with Gasteiger partial charge in [0, 0.05) is 85.3 Å². The number of anilines is 17. The quantitative estimate of drug-likeness (QED) is 0.173. The van der Waals surface area contributed by atoms with Gasteiger partial charge in [0.1, 0.15) is 0 Å². The molecule has 6 heterocycles. The third kappa shape index (κ3) is 11.0. The van der Waals surface area contributed by atoms with Gasteiger partial charge in [0.15, 0.2) is 0 Å². The standard InChI is InChI=1S/C101H105B3N6/c1-57-41-62(6)95(63(7)42-57)109-84-55-80-74(53-77(84)103-75-51-69(100(19,20)21)31-39-82(75)107(89-48-61(5)50-91(109)94(89)103)72-35-27-67(28-36-72)98(13,14)15)102-79-54-78-85(56-86(79)110(96-64(8)43-58(2)44-65(96)9)87-46-59(3)45-81(105-80)92(87)102)108(73-37-29-68(30-38-73)99(16,17)18)90-49-60(4)47-88-93(90)104(78)76-52-70(101(22,23)24)32-40-83(76)106(88)71-33-25-66(26-34-71)97(10,11)12/h25-56,105H,1-24H3. The second-order valence-corrected chi connectivity index (χ2v) is 38.7. The number of fused-ring (bicyclic) bond motifs is 12. The molecule has 12 aromatic rings. The zero-order chi connectivity index (χ0) is 77.5. The predicted octanol–water partition coefficient (Wildman–Crippen LogP) is 21.5. The first kappa shape index (κ1) is 71.3. The number of rotatable bonds is 5. The number of nitrogens with zero attached hydrogens (tertiary/aromatic N) is 5. The van der Waals surface area contributed by atoms with Crippen molar-refractivity contribution in [3.63, 3.8) is 0 Å². The summed E-state index contributed by atoms with van der Waals surface area (Å²) in [5.74, 6) is 0. The summed E-state index contributed by atoms with van der Waals surface area (Å²) in [6.45, 7) is 55.5. The van der Waals surface area contributed by atoms with Crippen LogP contribution in [0.2, 0.25) is 0 Å². The number of nitrogens with one attached hydrogen (secondary N) is 1. The first-order valence-electron chi connectivity index (χ1n) is 40.2. The summed E-state index contributed by atoms with van der Waals surface area (Å²) in [6, 6.07) is 78.7. The van der Waals surface area contributed by atoms with Gasteiger partial charge in [-0.2, -0.15) is 0 Å². The normalized spacial score (nSPS) is 14.5. The third-order valence-electron chi connectivity index (χ3n) is 25.1. The van der Waals surface area contributed by atoms with Crippen molar-refractivity contribution in [3.8, 4) is 0 Å². The molecule has 0 atom stereocenters. The van der Waals surface area contributed by atoms with Crippen LogP contribution in [0.3, 0.4) is 0 Å². The Kier molecular flexibility index (Phi) is 15.8. The maximum absolute atomic E-state index is 4.36. The average molecular weight is 1440 g/mol. The molecule has 12 aromatic carbocycles. The van der Waals surface area contributed by atoms with Crippen LogP contribution >= 0.6 is 0 Å². The second kappa shape index (κ2) is 24.3. The van der Waals surface area contributed by atoms with Crippen molar-refractivity contribution in [3.05, 3.63) is 272 Å². The van der Waals surface area contributed by atoms with E-state index in [1.807, 2.05) is 0 Å². The maximum Gasteiger partial charge on any atom is 0.252 e.